The van der Waals surface area contributed by atoms with Gasteiger partial charge in [-0.25, -0.2) is 0 Å². The molecular formula is C14H21N5O2. The van der Waals surface area contributed by atoms with Crippen molar-refractivity contribution in [2.24, 2.45) is 5.73 Å². The van der Waals surface area contributed by atoms with Crippen LogP contribution in [0, 0.1) is 5.41 Å². The molecule has 0 saturated heterocycles. The molecule has 0 aromatic heterocycles. The van der Waals surface area contributed by atoms with Crippen molar-refractivity contribution < 1.29 is 9.59 Å². The number of benzene rings is 1. The Labute approximate surface area is 123 Å². The largest absolute Gasteiger partial charge is 0.370 e. The lowest BCUT2D eigenvalue weighted by atomic mass is 10.0. The molecule has 0 aliphatic heterocycles. The van der Waals surface area contributed by atoms with E-state index in [0.29, 0.717) is 12.2 Å². The van der Waals surface area contributed by atoms with E-state index in [1.807, 2.05) is 12.1 Å². The van der Waals surface area contributed by atoms with Gasteiger partial charge in [-0.05, 0) is 31.5 Å². The monoisotopic (exact) mass is 291 g/mol. The molecule has 1 aromatic rings. The van der Waals surface area contributed by atoms with Gasteiger partial charge in [-0.2, -0.15) is 0 Å². The molecule has 7 nitrogen and oxygen atoms in total. The molecule has 1 rings (SSSR count). The van der Waals surface area contributed by atoms with Gasteiger partial charge < -0.3 is 21.7 Å². The zero-order valence-corrected chi connectivity index (χ0v) is 12.4. The molecule has 0 heterocycles. The number of carbonyl (C=O) groups excluding carboxylic acids is 2. The molecule has 6 N–H and O–H groups in total. The number of nitrogens with one attached hydrogen (secondary N) is 4. The maximum atomic E-state index is 12.1. The van der Waals surface area contributed by atoms with Gasteiger partial charge in [0, 0.05) is 19.2 Å². The molecule has 0 atom stereocenters. The fraction of sp³-hybridized carbons (Fsp3) is 0.357. The topological polar surface area (TPSA) is 120 Å². The summed E-state index contributed by atoms with van der Waals surface area (Å²) in [6.45, 7) is 5.08. The maximum Gasteiger partial charge on any atom is 0.249 e. The predicted octanol–water partition coefficient (Wildman–Crippen LogP) is 0.523. The molecule has 0 radical (unpaired) electrons. The van der Waals surface area contributed by atoms with Crippen molar-refractivity contribution in [1.82, 2.24) is 10.6 Å². The highest BCUT2D eigenvalue weighted by molar-refractivity contribution is 5.99. The van der Waals surface area contributed by atoms with E-state index in [0.717, 1.165) is 5.56 Å². The van der Waals surface area contributed by atoms with Crippen molar-refractivity contribution in [3.05, 3.63) is 29.8 Å². The van der Waals surface area contributed by atoms with Crippen molar-refractivity contribution in [3.8, 4) is 0 Å². The summed E-state index contributed by atoms with van der Waals surface area (Å²) in [7, 11) is 0. The molecule has 0 aliphatic carbocycles. The first-order valence-electron chi connectivity index (χ1n) is 6.48. The van der Waals surface area contributed by atoms with E-state index < -0.39 is 5.54 Å². The van der Waals surface area contributed by atoms with Crippen molar-refractivity contribution in [2.45, 2.75) is 32.9 Å². The van der Waals surface area contributed by atoms with Crippen molar-refractivity contribution in [1.29, 1.82) is 5.41 Å². The number of anilines is 1. The standard InChI is InChI=1S/C14H21N5O2/c1-9(20)19-14(2,3)12(21)18-11-6-4-10(5-7-11)8-17-13(15)16/h4-7H,8H2,1-3H3,(H,18,21)(H,19,20)(H4,15,16,17). The van der Waals surface area contributed by atoms with Crippen LogP contribution in [-0.2, 0) is 16.1 Å². The third-order valence-electron chi connectivity index (χ3n) is 2.75. The Morgan fingerprint density at radius 3 is 2.29 bits per heavy atom. The van der Waals surface area contributed by atoms with E-state index in [4.69, 9.17) is 11.1 Å². The molecule has 0 saturated carbocycles. The van der Waals surface area contributed by atoms with Gasteiger partial charge in [-0.15, -0.1) is 0 Å². The average molecular weight is 291 g/mol. The fourth-order valence-electron chi connectivity index (χ4n) is 1.69. The van der Waals surface area contributed by atoms with Gasteiger partial charge in [0.05, 0.1) is 0 Å². The van der Waals surface area contributed by atoms with Gasteiger partial charge in [0.1, 0.15) is 5.54 Å². The van der Waals surface area contributed by atoms with Crippen LogP contribution in [0.4, 0.5) is 5.69 Å². The van der Waals surface area contributed by atoms with Crippen LogP contribution in [0.15, 0.2) is 24.3 Å². The Morgan fingerprint density at radius 2 is 1.81 bits per heavy atom. The highest BCUT2D eigenvalue weighted by Gasteiger charge is 2.28. The number of nitrogens with two attached hydrogens (primary N) is 1. The summed E-state index contributed by atoms with van der Waals surface area (Å²) < 4.78 is 0. The zero-order valence-electron chi connectivity index (χ0n) is 12.4. The fourth-order valence-corrected chi connectivity index (χ4v) is 1.69. The Bertz CT molecular complexity index is 537. The van der Waals surface area contributed by atoms with E-state index in [9.17, 15) is 9.59 Å². The first-order valence-corrected chi connectivity index (χ1v) is 6.48. The minimum Gasteiger partial charge on any atom is -0.370 e. The van der Waals surface area contributed by atoms with Crippen LogP contribution in [0.1, 0.15) is 26.3 Å². The highest BCUT2D eigenvalue weighted by atomic mass is 16.2. The van der Waals surface area contributed by atoms with Gasteiger partial charge in [-0.1, -0.05) is 12.1 Å². The van der Waals surface area contributed by atoms with Crippen LogP contribution in [0.2, 0.25) is 0 Å². The number of hydrogen-bond acceptors (Lipinski definition) is 3. The van der Waals surface area contributed by atoms with Crippen molar-refractivity contribution in [3.63, 3.8) is 0 Å². The van der Waals surface area contributed by atoms with E-state index in [1.54, 1.807) is 26.0 Å². The highest BCUT2D eigenvalue weighted by Crippen LogP contribution is 2.12. The van der Waals surface area contributed by atoms with Gasteiger partial charge in [0.15, 0.2) is 5.96 Å². The summed E-state index contributed by atoms with van der Waals surface area (Å²) in [6, 6.07) is 7.13. The second-order valence-corrected chi connectivity index (χ2v) is 5.22. The van der Waals surface area contributed by atoms with Crippen LogP contribution in [-0.4, -0.2) is 23.3 Å². The summed E-state index contributed by atoms with van der Waals surface area (Å²) in [6.07, 6.45) is 0. The zero-order chi connectivity index (χ0) is 16.0. The predicted molar refractivity (Wildman–Crippen MR) is 81.7 cm³/mol. The molecule has 21 heavy (non-hydrogen) atoms. The molecule has 0 unspecified atom stereocenters. The summed E-state index contributed by atoms with van der Waals surface area (Å²) in [5.41, 5.74) is 5.78. The molecule has 0 aliphatic rings. The minimum atomic E-state index is -0.985. The minimum absolute atomic E-state index is 0.0931. The summed E-state index contributed by atoms with van der Waals surface area (Å²) in [4.78, 5) is 23.1. The van der Waals surface area contributed by atoms with Crippen LogP contribution < -0.4 is 21.7 Å². The van der Waals surface area contributed by atoms with Crippen LogP contribution >= 0.6 is 0 Å². The second-order valence-electron chi connectivity index (χ2n) is 5.22. The summed E-state index contributed by atoms with van der Waals surface area (Å²) in [5, 5.41) is 15.1. The van der Waals surface area contributed by atoms with E-state index in [1.165, 1.54) is 6.92 Å². The Morgan fingerprint density at radius 1 is 1.24 bits per heavy atom. The Hall–Kier alpha value is -2.57. The lowest BCUT2D eigenvalue weighted by molar-refractivity contribution is -0.128. The number of amides is 2. The molecule has 7 heteroatoms. The smallest absolute Gasteiger partial charge is 0.249 e. The maximum absolute atomic E-state index is 12.1. The quantitative estimate of drug-likeness (QED) is 0.401. The summed E-state index contributed by atoms with van der Waals surface area (Å²) in [5.74, 6) is -0.655. The van der Waals surface area contributed by atoms with Crippen LogP contribution in [0.25, 0.3) is 0 Å². The first kappa shape index (κ1) is 16.5. The van der Waals surface area contributed by atoms with E-state index in [-0.39, 0.29) is 17.8 Å². The molecule has 0 bridgehead atoms. The van der Waals surface area contributed by atoms with Gasteiger partial charge in [0.25, 0.3) is 0 Å². The molecule has 114 valence electrons. The molecule has 0 spiro atoms. The average Bonchev–Trinajstić information content (AvgIpc) is 2.36. The number of carbonyl (C=O) groups is 2. The molecule has 0 fully saturated rings. The van der Waals surface area contributed by atoms with E-state index >= 15 is 0 Å². The van der Waals surface area contributed by atoms with Gasteiger partial charge in [-0.3, -0.25) is 15.0 Å². The Balaban J connectivity index is 2.65. The lowest BCUT2D eigenvalue weighted by Crippen LogP contribution is -2.51. The first-order chi connectivity index (χ1) is 9.70. The molecule has 2 amide bonds. The number of hydrogen-bond donors (Lipinski definition) is 5. The van der Waals surface area contributed by atoms with Crippen molar-refractivity contribution >= 4 is 23.5 Å². The van der Waals surface area contributed by atoms with E-state index in [2.05, 4.69) is 16.0 Å². The second kappa shape index (κ2) is 6.74. The summed E-state index contributed by atoms with van der Waals surface area (Å²) >= 11 is 0. The third-order valence-corrected chi connectivity index (χ3v) is 2.75. The van der Waals surface area contributed by atoms with Crippen molar-refractivity contribution in [2.75, 3.05) is 5.32 Å². The SMILES string of the molecule is CC(=O)NC(C)(C)C(=O)Nc1ccc(CNC(=N)N)cc1. The third kappa shape index (κ3) is 5.52. The normalized spacial score (nSPS) is 10.6. The molecular weight excluding hydrogens is 270 g/mol. The number of guanidine groups is 1. The lowest BCUT2D eigenvalue weighted by Gasteiger charge is -2.24. The molecule has 1 aromatic carbocycles. The van der Waals surface area contributed by atoms with Gasteiger partial charge in [0.2, 0.25) is 11.8 Å². The van der Waals surface area contributed by atoms with Gasteiger partial charge >= 0.3 is 0 Å². The Kier molecular flexibility index (Phi) is 5.29. The van der Waals surface area contributed by atoms with Crippen LogP contribution in [0.3, 0.4) is 0 Å². The van der Waals surface area contributed by atoms with Crippen LogP contribution in [0.5, 0.6) is 0 Å². The number of rotatable bonds is 5.